The standard InChI is InChI=1S/C29H30F5N5O3S/c1-4-23(40)39-15(2)11-37(12-16(39)3)27-20-10-21(29(32,33)34)24(19-6-5-17(30)9-22(19)31)26-25(20)38(28(41)36-27)13-18(14-43-26)42-8-7-35/h4-6,9-10,15-16,18H,1,7-8,11-14,35H2,2-3H3. The third kappa shape index (κ3) is 5.75. The first-order chi connectivity index (χ1) is 20.3. The first-order valence-corrected chi connectivity index (χ1v) is 14.6. The molecule has 0 bridgehead atoms. The smallest absolute Gasteiger partial charge is 0.374 e. The largest absolute Gasteiger partial charge is 0.417 e. The lowest BCUT2D eigenvalue weighted by Crippen LogP contribution is -2.58. The van der Waals surface area contributed by atoms with Gasteiger partial charge < -0.3 is 20.3 Å². The van der Waals surface area contributed by atoms with Gasteiger partial charge in [0.1, 0.15) is 17.5 Å². The molecule has 0 spiro atoms. The number of nitrogens with two attached hydrogens (primary N) is 1. The number of rotatable bonds is 6. The lowest BCUT2D eigenvalue weighted by Gasteiger charge is -2.44. The molecule has 43 heavy (non-hydrogen) atoms. The van der Waals surface area contributed by atoms with Gasteiger partial charge in [-0.25, -0.2) is 13.6 Å². The van der Waals surface area contributed by atoms with Crippen LogP contribution in [-0.2, 0) is 22.3 Å². The van der Waals surface area contributed by atoms with Crippen LogP contribution in [0.3, 0.4) is 0 Å². The van der Waals surface area contributed by atoms with Crippen LogP contribution in [0.25, 0.3) is 22.0 Å². The summed E-state index contributed by atoms with van der Waals surface area (Å²) in [5.74, 6) is -2.23. The van der Waals surface area contributed by atoms with Crippen LogP contribution in [0.4, 0.5) is 27.8 Å². The Bertz CT molecular complexity index is 1630. The molecule has 14 heteroatoms. The van der Waals surface area contributed by atoms with E-state index in [1.54, 1.807) is 23.6 Å². The Hall–Kier alpha value is -3.49. The fourth-order valence-corrected chi connectivity index (χ4v) is 7.21. The first kappa shape index (κ1) is 31.0. The molecule has 1 fully saturated rings. The molecule has 8 nitrogen and oxygen atoms in total. The minimum Gasteiger partial charge on any atom is -0.374 e. The number of amides is 1. The number of hydrogen-bond donors (Lipinski definition) is 1. The summed E-state index contributed by atoms with van der Waals surface area (Å²) in [6.07, 6.45) is -4.36. The SMILES string of the molecule is C=CC(=O)N1C(C)CN(c2nc(=O)n3c4c(c(-c5ccc(F)cc5F)c(C(F)(F)F)cc24)SCC(OCCN)C3)CC1C. The number of benzene rings is 2. The van der Waals surface area contributed by atoms with Crippen molar-refractivity contribution >= 4 is 34.4 Å². The molecule has 230 valence electrons. The Morgan fingerprint density at radius 2 is 1.88 bits per heavy atom. The van der Waals surface area contributed by atoms with Crippen molar-refractivity contribution in [3.63, 3.8) is 0 Å². The van der Waals surface area contributed by atoms with Crippen molar-refractivity contribution in [1.29, 1.82) is 0 Å². The quantitative estimate of drug-likeness (QED) is 0.321. The van der Waals surface area contributed by atoms with E-state index < -0.39 is 46.3 Å². The fourth-order valence-electron chi connectivity index (χ4n) is 5.93. The zero-order valence-electron chi connectivity index (χ0n) is 23.5. The summed E-state index contributed by atoms with van der Waals surface area (Å²) >= 11 is 1.00. The molecule has 0 aliphatic carbocycles. The highest BCUT2D eigenvalue weighted by atomic mass is 32.2. The minimum atomic E-state index is -4.95. The number of carbonyl (C=O) groups excluding carboxylic acids is 1. The third-order valence-electron chi connectivity index (χ3n) is 7.62. The van der Waals surface area contributed by atoms with Crippen molar-refractivity contribution in [3.8, 4) is 11.1 Å². The number of aromatic nitrogens is 2. The van der Waals surface area contributed by atoms with Crippen molar-refractivity contribution in [2.24, 2.45) is 5.73 Å². The molecule has 1 saturated heterocycles. The number of carbonyl (C=O) groups is 1. The van der Waals surface area contributed by atoms with E-state index in [1.807, 2.05) is 0 Å². The van der Waals surface area contributed by atoms with Crippen LogP contribution in [0.1, 0.15) is 19.4 Å². The van der Waals surface area contributed by atoms with E-state index in [1.165, 1.54) is 10.6 Å². The van der Waals surface area contributed by atoms with Crippen LogP contribution in [0.15, 0.2) is 46.6 Å². The molecule has 0 radical (unpaired) electrons. The summed E-state index contributed by atoms with van der Waals surface area (Å²) in [4.78, 5) is 33.7. The lowest BCUT2D eigenvalue weighted by atomic mass is 9.95. The fraction of sp³-hybridized carbons (Fsp3) is 0.414. The number of anilines is 1. The molecule has 1 amide bonds. The van der Waals surface area contributed by atoms with Crippen LogP contribution in [0.2, 0.25) is 0 Å². The summed E-state index contributed by atoms with van der Waals surface area (Å²) in [6.45, 7) is 7.83. The molecular weight excluding hydrogens is 593 g/mol. The van der Waals surface area contributed by atoms with Crippen LogP contribution in [0, 0.1) is 11.6 Å². The zero-order valence-corrected chi connectivity index (χ0v) is 24.3. The third-order valence-corrected chi connectivity index (χ3v) is 8.85. The van der Waals surface area contributed by atoms with E-state index in [-0.39, 0.29) is 78.1 Å². The highest BCUT2D eigenvalue weighted by Crippen LogP contribution is 2.49. The normalized spacial score (nSPS) is 20.8. The number of thioether (sulfide) groups is 1. The predicted octanol–water partition coefficient (Wildman–Crippen LogP) is 4.42. The van der Waals surface area contributed by atoms with Gasteiger partial charge in [0.05, 0.1) is 30.3 Å². The van der Waals surface area contributed by atoms with Gasteiger partial charge in [0.25, 0.3) is 0 Å². The van der Waals surface area contributed by atoms with Crippen LogP contribution < -0.4 is 16.3 Å². The number of ether oxygens (including phenoxy) is 1. The van der Waals surface area contributed by atoms with E-state index in [0.29, 0.717) is 6.07 Å². The second-order valence-corrected chi connectivity index (χ2v) is 11.7. The molecule has 3 heterocycles. The summed E-state index contributed by atoms with van der Waals surface area (Å²) in [5.41, 5.74) is 2.93. The second-order valence-electron chi connectivity index (χ2n) is 10.6. The number of nitrogens with zero attached hydrogens (tertiary/aromatic N) is 4. The maximum atomic E-state index is 15.2. The average molecular weight is 624 g/mol. The maximum Gasteiger partial charge on any atom is 0.417 e. The Kier molecular flexibility index (Phi) is 8.56. The Morgan fingerprint density at radius 3 is 2.49 bits per heavy atom. The van der Waals surface area contributed by atoms with E-state index in [9.17, 15) is 27.2 Å². The average Bonchev–Trinajstić information content (AvgIpc) is 3.13. The molecular formula is C29H30F5N5O3S. The molecule has 5 rings (SSSR count). The van der Waals surface area contributed by atoms with Gasteiger partial charge >= 0.3 is 11.9 Å². The molecule has 3 aromatic rings. The minimum absolute atomic E-state index is 0.0106. The first-order valence-electron chi connectivity index (χ1n) is 13.6. The summed E-state index contributed by atoms with van der Waals surface area (Å²) < 4.78 is 80.5. The van der Waals surface area contributed by atoms with Gasteiger partial charge in [-0.05, 0) is 38.1 Å². The zero-order chi connectivity index (χ0) is 31.2. The maximum absolute atomic E-state index is 15.2. The van der Waals surface area contributed by atoms with E-state index >= 15 is 4.39 Å². The van der Waals surface area contributed by atoms with Crippen molar-refractivity contribution in [2.75, 3.05) is 36.9 Å². The summed E-state index contributed by atoms with van der Waals surface area (Å²) in [5, 5.41) is 0.0445. The Balaban J connectivity index is 1.81. The second kappa shape index (κ2) is 11.9. The van der Waals surface area contributed by atoms with E-state index in [2.05, 4.69) is 11.6 Å². The van der Waals surface area contributed by atoms with Gasteiger partial charge in [-0.2, -0.15) is 18.2 Å². The monoisotopic (exact) mass is 623 g/mol. The molecule has 1 aromatic heterocycles. The molecule has 3 atom stereocenters. The Labute approximate surface area is 248 Å². The van der Waals surface area contributed by atoms with Crippen LogP contribution >= 0.6 is 11.8 Å². The van der Waals surface area contributed by atoms with Crippen LogP contribution in [0.5, 0.6) is 0 Å². The molecule has 2 aliphatic heterocycles. The van der Waals surface area contributed by atoms with Gasteiger partial charge in [-0.15, -0.1) is 11.8 Å². The molecule has 3 unspecified atom stereocenters. The van der Waals surface area contributed by atoms with E-state index in [0.717, 1.165) is 30.0 Å². The summed E-state index contributed by atoms with van der Waals surface area (Å²) in [6, 6.07) is 2.52. The molecule has 2 aliphatic rings. The number of piperazine rings is 1. The van der Waals surface area contributed by atoms with Crippen LogP contribution in [-0.4, -0.2) is 70.5 Å². The van der Waals surface area contributed by atoms with Gasteiger partial charge in [0.2, 0.25) is 5.91 Å². The van der Waals surface area contributed by atoms with Gasteiger partial charge in [-0.1, -0.05) is 6.58 Å². The van der Waals surface area contributed by atoms with Crippen molar-refractivity contribution in [1.82, 2.24) is 14.5 Å². The van der Waals surface area contributed by atoms with Crippen molar-refractivity contribution in [3.05, 3.63) is 64.6 Å². The molecule has 2 N–H and O–H groups in total. The summed E-state index contributed by atoms with van der Waals surface area (Å²) in [7, 11) is 0. The van der Waals surface area contributed by atoms with Crippen molar-refractivity contribution < 1.29 is 31.5 Å². The van der Waals surface area contributed by atoms with Crippen molar-refractivity contribution in [2.45, 2.75) is 49.7 Å². The predicted molar refractivity (Wildman–Crippen MR) is 154 cm³/mol. The Morgan fingerprint density at radius 1 is 1.19 bits per heavy atom. The highest BCUT2D eigenvalue weighted by molar-refractivity contribution is 7.99. The number of hydrogen-bond acceptors (Lipinski definition) is 7. The van der Waals surface area contributed by atoms with Gasteiger partial charge in [0, 0.05) is 64.9 Å². The number of alkyl halides is 3. The molecule has 0 saturated carbocycles. The van der Waals surface area contributed by atoms with E-state index in [4.69, 9.17) is 10.5 Å². The topological polar surface area (TPSA) is 93.7 Å². The lowest BCUT2D eigenvalue weighted by molar-refractivity contribution is -0.137. The van der Waals surface area contributed by atoms with Gasteiger partial charge in [0.15, 0.2) is 0 Å². The van der Waals surface area contributed by atoms with Gasteiger partial charge in [-0.3, -0.25) is 9.36 Å². The number of halogens is 5. The highest BCUT2D eigenvalue weighted by Gasteiger charge is 2.40. The molecule has 2 aromatic carbocycles.